The molecule has 0 aliphatic carbocycles. The van der Waals surface area contributed by atoms with Crippen molar-refractivity contribution >= 4 is 5.97 Å². The number of hydrogen-bond donors (Lipinski definition) is 3. The van der Waals surface area contributed by atoms with Gasteiger partial charge in [0, 0.05) is 29.5 Å². The summed E-state index contributed by atoms with van der Waals surface area (Å²) in [5.41, 5.74) is 3.00. The second-order valence-electron chi connectivity index (χ2n) is 8.14. The van der Waals surface area contributed by atoms with Crippen LogP contribution in [0.25, 0.3) is 11.1 Å². The van der Waals surface area contributed by atoms with Crippen LogP contribution in [0.1, 0.15) is 36.3 Å². The second kappa shape index (κ2) is 13.0. The number of rotatable bonds is 13. The molecule has 3 aromatic rings. The molecule has 0 aliphatic heterocycles. The van der Waals surface area contributed by atoms with E-state index in [9.17, 15) is 14.3 Å². The molecular weight excluding hydrogens is 469 g/mol. The Hall–Kier alpha value is -3.53. The van der Waals surface area contributed by atoms with Crippen LogP contribution in [0.5, 0.6) is 11.6 Å². The van der Waals surface area contributed by atoms with Crippen molar-refractivity contribution < 1.29 is 38.7 Å². The third kappa shape index (κ3) is 7.48. The number of ether oxygens (including phenoxy) is 3. The number of aromatic nitrogens is 1. The van der Waals surface area contributed by atoms with E-state index >= 15 is 0 Å². The smallest absolute Gasteiger partial charge is 0.306 e. The Morgan fingerprint density at radius 1 is 1.06 bits per heavy atom. The van der Waals surface area contributed by atoms with E-state index in [1.54, 1.807) is 55.5 Å². The zero-order chi connectivity index (χ0) is 26.1. The first kappa shape index (κ1) is 27.1. The largest absolute Gasteiger partial charge is 0.489 e. The number of aryl methyl sites for hydroxylation is 1. The number of aliphatic carboxylic acids is 1. The number of aliphatic hydroxyl groups excluding tert-OH is 2. The Labute approximate surface area is 208 Å². The molecule has 0 fully saturated rings. The first-order valence-electron chi connectivity index (χ1n) is 11.5. The van der Waals surface area contributed by atoms with Crippen molar-refractivity contribution in [1.82, 2.24) is 4.98 Å². The van der Waals surface area contributed by atoms with Crippen molar-refractivity contribution in [3.63, 3.8) is 0 Å². The van der Waals surface area contributed by atoms with Gasteiger partial charge in [0.25, 0.3) is 0 Å². The fraction of sp³-hybridized carbons (Fsp3) is 0.333. The van der Waals surface area contributed by atoms with Gasteiger partial charge in [-0.1, -0.05) is 18.2 Å². The van der Waals surface area contributed by atoms with Crippen molar-refractivity contribution in [2.24, 2.45) is 0 Å². The average Bonchev–Trinajstić information content (AvgIpc) is 2.87. The van der Waals surface area contributed by atoms with Crippen LogP contribution < -0.4 is 9.47 Å². The maximum Gasteiger partial charge on any atom is 0.306 e. The van der Waals surface area contributed by atoms with Crippen LogP contribution in [-0.4, -0.2) is 52.2 Å². The zero-order valence-electron chi connectivity index (χ0n) is 20.2. The molecule has 0 unspecified atom stereocenters. The number of carboxylic acid groups (broad SMARTS) is 1. The maximum absolute atomic E-state index is 14.7. The van der Waals surface area contributed by atoms with Gasteiger partial charge in [-0.25, -0.2) is 9.37 Å². The van der Waals surface area contributed by atoms with Crippen LogP contribution >= 0.6 is 0 Å². The van der Waals surface area contributed by atoms with Crippen molar-refractivity contribution in [3.05, 3.63) is 77.2 Å². The number of aliphatic hydroxyl groups is 2. The molecule has 3 N–H and O–H groups in total. The normalized spacial score (nSPS) is 12.7. The second-order valence-corrected chi connectivity index (χ2v) is 8.14. The molecule has 0 saturated heterocycles. The lowest BCUT2D eigenvalue weighted by molar-refractivity contribution is -0.140. The standard InChI is InChI=1S/C27H30FNO7/c1-3-34-25(13-27(32)33)19-5-7-21(8-6-19)35-15-18-4-10-24(28)23(12-18)22-9-11-26(29-17(22)2)36-16-20(31)14-30/h4-12,20,25,30-31H,3,13-16H2,1-2H3,(H,32,33)/t20-,25+/m1/s1. The predicted octanol–water partition coefficient (Wildman–Crippen LogP) is 4.06. The molecule has 192 valence electrons. The SMILES string of the molecule is CCO[C@@H](CC(=O)O)c1ccc(OCc2ccc(F)c(-c3ccc(OC[C@H](O)CO)nc3C)c2)cc1. The molecule has 0 amide bonds. The van der Waals surface area contributed by atoms with Gasteiger partial charge in [0.2, 0.25) is 5.88 Å². The highest BCUT2D eigenvalue weighted by Crippen LogP contribution is 2.29. The van der Waals surface area contributed by atoms with Crippen LogP contribution in [0.15, 0.2) is 54.6 Å². The van der Waals surface area contributed by atoms with Crippen LogP contribution in [0.3, 0.4) is 0 Å². The summed E-state index contributed by atoms with van der Waals surface area (Å²) in [6.07, 6.45) is -1.67. The van der Waals surface area contributed by atoms with Crippen LogP contribution in [0, 0.1) is 12.7 Å². The van der Waals surface area contributed by atoms with Crippen molar-refractivity contribution in [2.75, 3.05) is 19.8 Å². The first-order chi connectivity index (χ1) is 17.3. The molecule has 3 rings (SSSR count). The van der Waals surface area contributed by atoms with E-state index in [0.29, 0.717) is 29.2 Å². The average molecular weight is 500 g/mol. The lowest BCUT2D eigenvalue weighted by Crippen LogP contribution is -2.21. The van der Waals surface area contributed by atoms with Gasteiger partial charge < -0.3 is 29.5 Å². The van der Waals surface area contributed by atoms with Gasteiger partial charge in [-0.3, -0.25) is 4.79 Å². The Bertz CT molecular complexity index is 1150. The highest BCUT2D eigenvalue weighted by molar-refractivity contribution is 5.68. The topological polar surface area (TPSA) is 118 Å². The molecule has 0 bridgehead atoms. The molecule has 0 spiro atoms. The number of halogens is 1. The summed E-state index contributed by atoms with van der Waals surface area (Å²) < 4.78 is 31.4. The number of pyridine rings is 1. The van der Waals surface area contributed by atoms with Gasteiger partial charge in [0.1, 0.15) is 30.9 Å². The Balaban J connectivity index is 1.69. The molecule has 0 saturated carbocycles. The highest BCUT2D eigenvalue weighted by Gasteiger charge is 2.16. The fourth-order valence-corrected chi connectivity index (χ4v) is 3.58. The van der Waals surface area contributed by atoms with E-state index in [1.807, 2.05) is 6.92 Å². The molecule has 2 atom stereocenters. The first-order valence-corrected chi connectivity index (χ1v) is 11.5. The van der Waals surface area contributed by atoms with Gasteiger partial charge in [0.05, 0.1) is 19.1 Å². The van der Waals surface area contributed by atoms with Crippen LogP contribution in [0.4, 0.5) is 4.39 Å². The van der Waals surface area contributed by atoms with Crippen LogP contribution in [-0.2, 0) is 16.1 Å². The molecule has 8 nitrogen and oxygen atoms in total. The summed E-state index contributed by atoms with van der Waals surface area (Å²) in [5.74, 6) is -0.492. The monoisotopic (exact) mass is 499 g/mol. The third-order valence-corrected chi connectivity index (χ3v) is 5.40. The summed E-state index contributed by atoms with van der Waals surface area (Å²) in [5, 5.41) is 27.4. The lowest BCUT2D eigenvalue weighted by atomic mass is 10.0. The molecule has 1 aromatic heterocycles. The Morgan fingerprint density at radius 2 is 1.81 bits per heavy atom. The minimum Gasteiger partial charge on any atom is -0.489 e. The predicted molar refractivity (Wildman–Crippen MR) is 130 cm³/mol. The third-order valence-electron chi connectivity index (χ3n) is 5.40. The number of carbonyl (C=O) groups is 1. The Morgan fingerprint density at radius 3 is 2.44 bits per heavy atom. The number of benzene rings is 2. The van der Waals surface area contributed by atoms with Gasteiger partial charge >= 0.3 is 5.97 Å². The molecule has 1 heterocycles. The van der Waals surface area contributed by atoms with E-state index in [1.165, 1.54) is 6.07 Å². The van der Waals surface area contributed by atoms with Crippen molar-refractivity contribution in [1.29, 1.82) is 0 Å². The molecule has 2 aromatic carbocycles. The van der Waals surface area contributed by atoms with Crippen molar-refractivity contribution in [3.8, 4) is 22.8 Å². The van der Waals surface area contributed by atoms with E-state index in [-0.39, 0.29) is 25.5 Å². The van der Waals surface area contributed by atoms with Crippen LogP contribution in [0.2, 0.25) is 0 Å². The molecule has 9 heteroatoms. The van der Waals surface area contributed by atoms with E-state index < -0.39 is 30.6 Å². The Kier molecular flexibility index (Phi) is 9.75. The maximum atomic E-state index is 14.7. The fourth-order valence-electron chi connectivity index (χ4n) is 3.58. The zero-order valence-corrected chi connectivity index (χ0v) is 20.2. The van der Waals surface area contributed by atoms with E-state index in [0.717, 1.165) is 11.1 Å². The van der Waals surface area contributed by atoms with Gasteiger partial charge in [-0.2, -0.15) is 0 Å². The number of hydrogen-bond acceptors (Lipinski definition) is 7. The lowest BCUT2D eigenvalue weighted by Gasteiger charge is -2.16. The summed E-state index contributed by atoms with van der Waals surface area (Å²) >= 11 is 0. The van der Waals surface area contributed by atoms with Gasteiger partial charge in [0.15, 0.2) is 0 Å². The minimum atomic E-state index is -1.01. The highest BCUT2D eigenvalue weighted by atomic mass is 19.1. The van der Waals surface area contributed by atoms with Gasteiger partial charge in [-0.05, 0) is 55.3 Å². The summed E-state index contributed by atoms with van der Waals surface area (Å²) in [4.78, 5) is 15.4. The molecule has 0 radical (unpaired) electrons. The minimum absolute atomic E-state index is 0.101. The number of carboxylic acids is 1. The van der Waals surface area contributed by atoms with Gasteiger partial charge in [-0.15, -0.1) is 0 Å². The molecular formula is C27H30FNO7. The molecule has 36 heavy (non-hydrogen) atoms. The summed E-state index contributed by atoms with van der Waals surface area (Å²) in [6, 6.07) is 15.0. The number of nitrogens with zero attached hydrogens (tertiary/aromatic N) is 1. The van der Waals surface area contributed by atoms with E-state index in [2.05, 4.69) is 4.98 Å². The summed E-state index contributed by atoms with van der Waals surface area (Å²) in [6.45, 7) is 3.63. The van der Waals surface area contributed by atoms with Crippen molar-refractivity contribution in [2.45, 2.75) is 39.1 Å². The quantitative estimate of drug-likeness (QED) is 0.322. The summed E-state index contributed by atoms with van der Waals surface area (Å²) in [7, 11) is 0. The van der Waals surface area contributed by atoms with E-state index in [4.69, 9.17) is 24.4 Å². The molecule has 0 aliphatic rings.